The van der Waals surface area contributed by atoms with Crippen LogP contribution in [0.2, 0.25) is 0 Å². The van der Waals surface area contributed by atoms with Gasteiger partial charge in [0.15, 0.2) is 11.5 Å². The smallest absolute Gasteiger partial charge is 0.302 e. The topological polar surface area (TPSA) is 127 Å². The van der Waals surface area contributed by atoms with E-state index in [1.165, 1.54) is 19.1 Å². The molecule has 10 heteroatoms. The van der Waals surface area contributed by atoms with Crippen LogP contribution in [0.5, 0.6) is 17.2 Å². The molecular formula is C28H26N4O6. The number of benzene rings is 2. The van der Waals surface area contributed by atoms with E-state index in [2.05, 4.69) is 15.0 Å². The molecule has 1 atom stereocenters. The summed E-state index contributed by atoms with van der Waals surface area (Å²) in [5.74, 6) is -0.418. The minimum absolute atomic E-state index is 0.0830. The molecule has 5 rings (SSSR count). The number of fused-ring (bicyclic) bond motifs is 1. The number of aliphatic hydroxyl groups is 1. The van der Waals surface area contributed by atoms with Gasteiger partial charge in [-0.2, -0.15) is 0 Å². The summed E-state index contributed by atoms with van der Waals surface area (Å²) in [6, 6.07) is 12.6. The molecule has 1 aliphatic heterocycles. The standard InChI is InChI=1S/C28H26N4O6/c1-15(2)38-18-9-5-7-16(11-18)25(33)23-24(17-8-6-10-29-14-17)32(27(35)26(23)34)28-30-19-12-21(36-3)22(37-4)13-20(19)31-28/h5-15,24,33H,1-4H3,(H,30,31)/b25-23+. The van der Waals surface area contributed by atoms with Crippen LogP contribution in [-0.2, 0) is 9.59 Å². The van der Waals surface area contributed by atoms with Crippen LogP contribution in [0.15, 0.2) is 66.5 Å². The lowest BCUT2D eigenvalue weighted by atomic mass is 9.96. The molecule has 38 heavy (non-hydrogen) atoms. The quantitative estimate of drug-likeness (QED) is 0.211. The third-order valence-corrected chi connectivity index (χ3v) is 6.13. The molecule has 1 saturated heterocycles. The summed E-state index contributed by atoms with van der Waals surface area (Å²) < 4.78 is 16.5. The number of H-pyrrole nitrogens is 1. The Bertz CT molecular complexity index is 1520. The molecule has 0 saturated carbocycles. The van der Waals surface area contributed by atoms with Crippen molar-refractivity contribution >= 4 is 34.4 Å². The van der Waals surface area contributed by atoms with E-state index in [9.17, 15) is 14.7 Å². The molecule has 2 aromatic carbocycles. The summed E-state index contributed by atoms with van der Waals surface area (Å²) >= 11 is 0. The van der Waals surface area contributed by atoms with Gasteiger partial charge >= 0.3 is 5.91 Å². The number of aromatic nitrogens is 3. The first-order valence-corrected chi connectivity index (χ1v) is 11.9. The highest BCUT2D eigenvalue weighted by Crippen LogP contribution is 2.42. The van der Waals surface area contributed by atoms with Gasteiger partial charge < -0.3 is 24.3 Å². The lowest BCUT2D eigenvalue weighted by Gasteiger charge is -2.22. The summed E-state index contributed by atoms with van der Waals surface area (Å²) in [5.41, 5.74) is 1.86. The van der Waals surface area contributed by atoms with Crippen LogP contribution in [0.1, 0.15) is 31.0 Å². The number of imidazole rings is 1. The molecule has 0 radical (unpaired) electrons. The van der Waals surface area contributed by atoms with Crippen molar-refractivity contribution in [1.82, 2.24) is 15.0 Å². The minimum Gasteiger partial charge on any atom is -0.507 e. The fourth-order valence-electron chi connectivity index (χ4n) is 4.49. The maximum Gasteiger partial charge on any atom is 0.302 e. The molecule has 1 fully saturated rings. The average molecular weight is 515 g/mol. The van der Waals surface area contributed by atoms with Gasteiger partial charge in [-0.3, -0.25) is 19.5 Å². The Kier molecular flexibility index (Phi) is 6.46. The largest absolute Gasteiger partial charge is 0.507 e. The maximum absolute atomic E-state index is 13.4. The molecule has 0 bridgehead atoms. The van der Waals surface area contributed by atoms with Crippen molar-refractivity contribution in [2.75, 3.05) is 19.1 Å². The summed E-state index contributed by atoms with van der Waals surface area (Å²) in [7, 11) is 3.03. The van der Waals surface area contributed by atoms with Crippen molar-refractivity contribution in [2.24, 2.45) is 0 Å². The SMILES string of the molecule is COc1cc2nc(N3C(=O)C(=O)/C(=C(/O)c4cccc(OC(C)C)c4)C3c3cccnc3)[nH]c2cc1OC. The molecule has 10 nitrogen and oxygen atoms in total. The molecule has 1 unspecified atom stereocenters. The minimum atomic E-state index is -0.984. The number of nitrogens with zero attached hydrogens (tertiary/aromatic N) is 3. The summed E-state index contributed by atoms with van der Waals surface area (Å²) in [6.07, 6.45) is 3.05. The molecule has 1 amide bonds. The second-order valence-corrected chi connectivity index (χ2v) is 8.93. The van der Waals surface area contributed by atoms with E-state index < -0.39 is 17.7 Å². The molecule has 2 aromatic heterocycles. The number of hydrogen-bond donors (Lipinski definition) is 2. The zero-order valence-electron chi connectivity index (χ0n) is 21.3. The molecule has 0 spiro atoms. The maximum atomic E-state index is 13.4. The van der Waals surface area contributed by atoms with Crippen LogP contribution >= 0.6 is 0 Å². The lowest BCUT2D eigenvalue weighted by Crippen LogP contribution is -2.30. The Labute approximate surface area is 218 Å². The molecule has 0 aliphatic carbocycles. The number of aliphatic hydroxyl groups excluding tert-OH is 1. The molecule has 2 N–H and O–H groups in total. The van der Waals surface area contributed by atoms with Crippen LogP contribution in [0.25, 0.3) is 16.8 Å². The van der Waals surface area contributed by atoms with Gasteiger partial charge in [-0.1, -0.05) is 18.2 Å². The number of hydrogen-bond acceptors (Lipinski definition) is 8. The number of ether oxygens (including phenoxy) is 3. The Hall–Kier alpha value is -4.86. The van der Waals surface area contributed by atoms with Crippen molar-refractivity contribution in [3.63, 3.8) is 0 Å². The fourth-order valence-corrected chi connectivity index (χ4v) is 4.49. The van der Waals surface area contributed by atoms with E-state index in [1.54, 1.807) is 60.9 Å². The second-order valence-electron chi connectivity index (χ2n) is 8.93. The molecular weight excluding hydrogens is 488 g/mol. The fraction of sp³-hybridized carbons (Fsp3) is 0.214. The number of Topliss-reactive ketones (excluding diaryl/α,β-unsaturated/α-hetero) is 1. The third-order valence-electron chi connectivity index (χ3n) is 6.13. The van der Waals surface area contributed by atoms with Crippen molar-refractivity contribution in [3.8, 4) is 17.2 Å². The first kappa shape index (κ1) is 24.8. The van der Waals surface area contributed by atoms with Gasteiger partial charge in [-0.05, 0) is 37.6 Å². The predicted octanol–water partition coefficient (Wildman–Crippen LogP) is 4.39. The Morgan fingerprint density at radius 2 is 1.82 bits per heavy atom. The zero-order chi connectivity index (χ0) is 27.0. The van der Waals surface area contributed by atoms with E-state index in [0.717, 1.165) is 0 Å². The second kappa shape index (κ2) is 9.89. The van der Waals surface area contributed by atoms with Gasteiger partial charge in [0.25, 0.3) is 5.78 Å². The van der Waals surface area contributed by atoms with Gasteiger partial charge in [0.1, 0.15) is 11.5 Å². The number of pyridine rings is 1. The lowest BCUT2D eigenvalue weighted by molar-refractivity contribution is -0.132. The van der Waals surface area contributed by atoms with E-state index >= 15 is 0 Å². The van der Waals surface area contributed by atoms with E-state index in [4.69, 9.17) is 14.2 Å². The summed E-state index contributed by atoms with van der Waals surface area (Å²) in [5, 5.41) is 11.4. The van der Waals surface area contributed by atoms with Gasteiger partial charge in [-0.25, -0.2) is 4.98 Å². The van der Waals surface area contributed by atoms with E-state index in [0.29, 0.717) is 39.4 Å². The summed E-state index contributed by atoms with van der Waals surface area (Å²) in [4.78, 5) is 40.0. The number of ketones is 1. The highest BCUT2D eigenvalue weighted by Gasteiger charge is 2.48. The van der Waals surface area contributed by atoms with E-state index in [-0.39, 0.29) is 23.4 Å². The highest BCUT2D eigenvalue weighted by molar-refractivity contribution is 6.51. The highest BCUT2D eigenvalue weighted by atomic mass is 16.5. The predicted molar refractivity (Wildman–Crippen MR) is 140 cm³/mol. The van der Waals surface area contributed by atoms with Crippen LogP contribution in [0, 0.1) is 0 Å². The third kappa shape index (κ3) is 4.30. The van der Waals surface area contributed by atoms with Crippen LogP contribution in [0.4, 0.5) is 5.95 Å². The van der Waals surface area contributed by atoms with Crippen molar-refractivity contribution in [3.05, 3.63) is 77.6 Å². The van der Waals surface area contributed by atoms with Gasteiger partial charge in [0, 0.05) is 30.1 Å². The van der Waals surface area contributed by atoms with Crippen LogP contribution in [0.3, 0.4) is 0 Å². The number of nitrogens with one attached hydrogen (secondary N) is 1. The molecule has 194 valence electrons. The van der Waals surface area contributed by atoms with Crippen molar-refractivity contribution in [2.45, 2.75) is 26.0 Å². The van der Waals surface area contributed by atoms with Gasteiger partial charge in [-0.15, -0.1) is 0 Å². The molecule has 4 aromatic rings. The number of amides is 1. The number of methoxy groups -OCH3 is 2. The number of carbonyl (C=O) groups is 2. The summed E-state index contributed by atoms with van der Waals surface area (Å²) in [6.45, 7) is 3.78. The first-order valence-electron chi connectivity index (χ1n) is 11.9. The van der Waals surface area contributed by atoms with Gasteiger partial charge in [0.2, 0.25) is 5.95 Å². The van der Waals surface area contributed by atoms with Gasteiger partial charge in [0.05, 0.1) is 43.0 Å². The van der Waals surface area contributed by atoms with Crippen molar-refractivity contribution < 1.29 is 28.9 Å². The number of carbonyl (C=O) groups excluding carboxylic acids is 2. The molecule has 1 aliphatic rings. The Balaban J connectivity index is 1.68. The average Bonchev–Trinajstić information content (AvgIpc) is 3.44. The van der Waals surface area contributed by atoms with Crippen LogP contribution in [-0.4, -0.2) is 52.1 Å². The first-order chi connectivity index (χ1) is 18.3. The van der Waals surface area contributed by atoms with Crippen molar-refractivity contribution in [1.29, 1.82) is 0 Å². The number of aromatic amines is 1. The zero-order valence-corrected chi connectivity index (χ0v) is 21.3. The Morgan fingerprint density at radius 1 is 1.05 bits per heavy atom. The Morgan fingerprint density at radius 3 is 2.50 bits per heavy atom. The number of rotatable bonds is 7. The molecule has 3 heterocycles. The normalized spacial score (nSPS) is 16.9. The monoisotopic (exact) mass is 514 g/mol. The van der Waals surface area contributed by atoms with E-state index in [1.807, 2.05) is 13.8 Å². The van der Waals surface area contributed by atoms with Crippen LogP contribution < -0.4 is 19.1 Å². The number of anilines is 1.